The molecule has 94 valence electrons. The molecule has 0 aliphatic rings. The summed E-state index contributed by atoms with van der Waals surface area (Å²) < 4.78 is 0. The van der Waals surface area contributed by atoms with Gasteiger partial charge < -0.3 is 0 Å². The minimum atomic E-state index is 0.724. The van der Waals surface area contributed by atoms with Gasteiger partial charge in [0.15, 0.2) is 0 Å². The lowest BCUT2D eigenvalue weighted by Crippen LogP contribution is -1.92. The van der Waals surface area contributed by atoms with Crippen molar-refractivity contribution in [2.24, 2.45) is 5.10 Å². The van der Waals surface area contributed by atoms with Crippen LogP contribution in [0, 0.1) is 6.92 Å². The number of hydrogen-bond donors (Lipinski definition) is 1. The lowest BCUT2D eigenvalue weighted by Gasteiger charge is -2.01. The average Bonchev–Trinajstić information content (AvgIpc) is 2.75. The number of thiazole rings is 1. The Morgan fingerprint density at radius 3 is 2.83 bits per heavy atom. The van der Waals surface area contributed by atoms with E-state index < -0.39 is 0 Å². The van der Waals surface area contributed by atoms with E-state index in [0.29, 0.717) is 0 Å². The summed E-state index contributed by atoms with van der Waals surface area (Å²) in [6.45, 7) is 5.87. The molecule has 1 aromatic heterocycles. The van der Waals surface area contributed by atoms with E-state index in [-0.39, 0.29) is 0 Å². The number of rotatable bonds is 3. The second-order valence-corrected chi connectivity index (χ2v) is 5.46. The highest BCUT2D eigenvalue weighted by atomic mass is 35.5. The number of anilines is 1. The number of hydrogen-bond acceptors (Lipinski definition) is 4. The monoisotopic (exact) mass is 279 g/mol. The fourth-order valence-corrected chi connectivity index (χ4v) is 2.42. The van der Waals surface area contributed by atoms with Gasteiger partial charge in [0.05, 0.1) is 10.7 Å². The van der Waals surface area contributed by atoms with E-state index in [1.54, 1.807) is 0 Å². The van der Waals surface area contributed by atoms with Gasteiger partial charge >= 0.3 is 0 Å². The molecule has 0 amide bonds. The van der Waals surface area contributed by atoms with Gasteiger partial charge in [-0.3, -0.25) is 5.43 Å². The molecule has 1 N–H and O–H groups in total. The molecule has 0 saturated carbocycles. The molecular weight excluding hydrogens is 266 g/mol. The zero-order valence-corrected chi connectivity index (χ0v) is 12.1. The number of benzene rings is 1. The number of aromatic nitrogens is 1. The van der Waals surface area contributed by atoms with Gasteiger partial charge in [0.25, 0.3) is 0 Å². The van der Waals surface area contributed by atoms with Crippen molar-refractivity contribution in [2.45, 2.75) is 20.8 Å². The molecule has 0 aliphatic carbocycles. The molecule has 0 radical (unpaired) electrons. The number of aryl methyl sites for hydroxylation is 1. The Bertz CT molecular complexity index is 586. The lowest BCUT2D eigenvalue weighted by molar-refractivity contribution is 1.27. The van der Waals surface area contributed by atoms with Crippen molar-refractivity contribution in [1.82, 2.24) is 4.98 Å². The van der Waals surface area contributed by atoms with Crippen LogP contribution >= 0.6 is 22.9 Å². The molecule has 0 spiro atoms. The zero-order chi connectivity index (χ0) is 13.1. The normalized spacial score (nSPS) is 10.2. The highest BCUT2D eigenvalue weighted by Crippen LogP contribution is 2.31. The van der Waals surface area contributed by atoms with Crippen molar-refractivity contribution in [3.63, 3.8) is 0 Å². The average molecular weight is 280 g/mol. The quantitative estimate of drug-likeness (QED) is 0.659. The zero-order valence-electron chi connectivity index (χ0n) is 10.5. The predicted octanol–water partition coefficient (Wildman–Crippen LogP) is 4.58. The maximum absolute atomic E-state index is 6.22. The first-order valence-corrected chi connectivity index (χ1v) is 6.81. The van der Waals surface area contributed by atoms with Crippen LogP contribution in [0.2, 0.25) is 5.02 Å². The first-order valence-electron chi connectivity index (χ1n) is 5.55. The van der Waals surface area contributed by atoms with Crippen molar-refractivity contribution in [1.29, 1.82) is 0 Å². The summed E-state index contributed by atoms with van der Waals surface area (Å²) >= 11 is 7.73. The second kappa shape index (κ2) is 5.50. The van der Waals surface area contributed by atoms with Gasteiger partial charge in [0.2, 0.25) is 5.13 Å². The Morgan fingerprint density at radius 2 is 2.17 bits per heavy atom. The van der Waals surface area contributed by atoms with E-state index in [4.69, 9.17) is 11.6 Å². The molecule has 1 heterocycles. The van der Waals surface area contributed by atoms with Crippen LogP contribution in [0.3, 0.4) is 0 Å². The fourth-order valence-electron chi connectivity index (χ4n) is 1.44. The van der Waals surface area contributed by atoms with Crippen molar-refractivity contribution in [3.05, 3.63) is 34.2 Å². The second-order valence-electron chi connectivity index (χ2n) is 4.19. The van der Waals surface area contributed by atoms with Crippen LogP contribution in [0.25, 0.3) is 11.3 Å². The van der Waals surface area contributed by atoms with Gasteiger partial charge in [-0.25, -0.2) is 4.98 Å². The Kier molecular flexibility index (Phi) is 3.99. The maximum atomic E-state index is 6.22. The molecule has 2 aromatic rings. The van der Waals surface area contributed by atoms with Crippen molar-refractivity contribution >= 4 is 33.8 Å². The van der Waals surface area contributed by atoms with E-state index >= 15 is 0 Å². The largest absolute Gasteiger partial charge is 0.253 e. The molecule has 0 bridgehead atoms. The third-order valence-corrected chi connectivity index (χ3v) is 3.34. The van der Waals surface area contributed by atoms with Crippen LogP contribution < -0.4 is 5.43 Å². The van der Waals surface area contributed by atoms with E-state index in [9.17, 15) is 0 Å². The SMILES string of the molecule is CC(C)=NNc1nc(-c2ccc(C)cc2Cl)cs1. The molecule has 2 rings (SSSR count). The molecule has 0 saturated heterocycles. The van der Waals surface area contributed by atoms with Crippen molar-refractivity contribution in [3.8, 4) is 11.3 Å². The molecule has 3 nitrogen and oxygen atoms in total. The minimum absolute atomic E-state index is 0.724. The van der Waals surface area contributed by atoms with Crippen LogP contribution in [0.5, 0.6) is 0 Å². The third-order valence-electron chi connectivity index (χ3n) is 2.28. The molecule has 0 unspecified atom stereocenters. The Labute approximate surface area is 116 Å². The Balaban J connectivity index is 2.26. The van der Waals surface area contributed by atoms with E-state index in [1.807, 2.05) is 44.4 Å². The Morgan fingerprint density at radius 1 is 1.39 bits per heavy atom. The topological polar surface area (TPSA) is 37.3 Å². The first-order chi connectivity index (χ1) is 8.56. The lowest BCUT2D eigenvalue weighted by atomic mass is 10.1. The predicted molar refractivity (Wildman–Crippen MR) is 79.7 cm³/mol. The van der Waals surface area contributed by atoms with Crippen LogP contribution in [-0.4, -0.2) is 10.7 Å². The molecule has 0 atom stereocenters. The summed E-state index contributed by atoms with van der Waals surface area (Å²) in [4.78, 5) is 4.46. The Hall–Kier alpha value is -1.39. The highest BCUT2D eigenvalue weighted by molar-refractivity contribution is 7.14. The summed E-state index contributed by atoms with van der Waals surface area (Å²) in [5.74, 6) is 0. The van der Waals surface area contributed by atoms with Crippen LogP contribution in [-0.2, 0) is 0 Å². The summed E-state index contributed by atoms with van der Waals surface area (Å²) in [5, 5.41) is 7.58. The molecule has 5 heteroatoms. The standard InChI is InChI=1S/C13H14ClN3S/c1-8(2)16-17-13-15-12(7-18-13)10-5-4-9(3)6-11(10)14/h4-7H,1-3H3,(H,15,17). The molecule has 1 aromatic carbocycles. The van der Waals surface area contributed by atoms with Gasteiger partial charge in [-0.15, -0.1) is 11.3 Å². The maximum Gasteiger partial charge on any atom is 0.203 e. The number of nitrogens with one attached hydrogen (secondary N) is 1. The van der Waals surface area contributed by atoms with Gasteiger partial charge in [-0.05, 0) is 32.4 Å². The van der Waals surface area contributed by atoms with Crippen LogP contribution in [0.15, 0.2) is 28.7 Å². The van der Waals surface area contributed by atoms with Crippen molar-refractivity contribution < 1.29 is 0 Å². The number of halogens is 1. The third kappa shape index (κ3) is 3.09. The molecular formula is C13H14ClN3S. The van der Waals surface area contributed by atoms with Gasteiger partial charge in [0.1, 0.15) is 0 Å². The van der Waals surface area contributed by atoms with Gasteiger partial charge in [-0.1, -0.05) is 23.7 Å². The van der Waals surface area contributed by atoms with Gasteiger partial charge in [0, 0.05) is 16.7 Å². The van der Waals surface area contributed by atoms with E-state index in [0.717, 1.165) is 32.7 Å². The summed E-state index contributed by atoms with van der Waals surface area (Å²) in [6, 6.07) is 5.96. The first kappa shape index (κ1) is 13.1. The van der Waals surface area contributed by atoms with Crippen LogP contribution in [0.4, 0.5) is 5.13 Å². The molecule has 0 fully saturated rings. The smallest absolute Gasteiger partial charge is 0.203 e. The summed E-state index contributed by atoms with van der Waals surface area (Å²) in [5.41, 5.74) is 6.84. The van der Waals surface area contributed by atoms with Crippen molar-refractivity contribution in [2.75, 3.05) is 5.43 Å². The summed E-state index contributed by atoms with van der Waals surface area (Å²) in [6.07, 6.45) is 0. The van der Waals surface area contributed by atoms with Crippen LogP contribution in [0.1, 0.15) is 19.4 Å². The number of nitrogens with zero attached hydrogens (tertiary/aromatic N) is 2. The van der Waals surface area contributed by atoms with E-state index in [1.165, 1.54) is 11.3 Å². The number of hydrazone groups is 1. The minimum Gasteiger partial charge on any atom is -0.253 e. The molecule has 18 heavy (non-hydrogen) atoms. The van der Waals surface area contributed by atoms with E-state index in [2.05, 4.69) is 15.5 Å². The summed E-state index contributed by atoms with van der Waals surface area (Å²) in [7, 11) is 0. The molecule has 0 aliphatic heterocycles. The van der Waals surface area contributed by atoms with Gasteiger partial charge in [-0.2, -0.15) is 5.10 Å². The highest BCUT2D eigenvalue weighted by Gasteiger charge is 2.08. The fraction of sp³-hybridized carbons (Fsp3) is 0.231.